The molecule has 0 aliphatic carbocycles. The number of hydrogen-bond acceptors (Lipinski definition) is 4. The van der Waals surface area contributed by atoms with E-state index in [0.717, 1.165) is 62.6 Å². The summed E-state index contributed by atoms with van der Waals surface area (Å²) in [7, 11) is 0. The smallest absolute Gasteiger partial charge is 0.133 e. The Morgan fingerprint density at radius 2 is 2.16 bits per heavy atom. The second-order valence-electron chi connectivity index (χ2n) is 5.18. The molecule has 1 saturated heterocycles. The van der Waals surface area contributed by atoms with Crippen molar-refractivity contribution in [1.29, 1.82) is 0 Å². The zero-order valence-electron chi connectivity index (χ0n) is 12.3. The Hall–Kier alpha value is -1.16. The molecule has 0 amide bonds. The lowest BCUT2D eigenvalue weighted by Gasteiger charge is -2.14. The van der Waals surface area contributed by atoms with E-state index in [1.807, 2.05) is 0 Å². The molecule has 2 rings (SSSR count). The quantitative estimate of drug-likeness (QED) is 0.857. The molecule has 0 aromatic carbocycles. The van der Waals surface area contributed by atoms with Gasteiger partial charge in [-0.3, -0.25) is 0 Å². The summed E-state index contributed by atoms with van der Waals surface area (Å²) >= 11 is 0. The van der Waals surface area contributed by atoms with E-state index in [9.17, 15) is 0 Å². The molecule has 1 fully saturated rings. The maximum absolute atomic E-state index is 5.68. The second kappa shape index (κ2) is 6.85. The number of aromatic nitrogens is 2. The highest BCUT2D eigenvalue weighted by Gasteiger charge is 2.19. The van der Waals surface area contributed by atoms with Gasteiger partial charge in [0.15, 0.2) is 0 Å². The van der Waals surface area contributed by atoms with Crippen molar-refractivity contribution in [2.45, 2.75) is 59.0 Å². The van der Waals surface area contributed by atoms with Crippen LogP contribution in [-0.2, 0) is 17.6 Å². The van der Waals surface area contributed by atoms with E-state index in [-0.39, 0.29) is 0 Å². The van der Waals surface area contributed by atoms with Gasteiger partial charge in [-0.1, -0.05) is 13.8 Å². The van der Waals surface area contributed by atoms with Crippen LogP contribution in [0.3, 0.4) is 0 Å². The van der Waals surface area contributed by atoms with Crippen molar-refractivity contribution in [3.05, 3.63) is 17.1 Å². The van der Waals surface area contributed by atoms with Crippen LogP contribution in [0, 0.1) is 6.92 Å². The van der Waals surface area contributed by atoms with Crippen LogP contribution in [0.1, 0.15) is 50.2 Å². The lowest BCUT2D eigenvalue weighted by Crippen LogP contribution is -2.15. The van der Waals surface area contributed by atoms with Crippen LogP contribution in [-0.4, -0.2) is 29.2 Å². The van der Waals surface area contributed by atoms with Crippen molar-refractivity contribution in [2.75, 3.05) is 18.5 Å². The van der Waals surface area contributed by atoms with E-state index in [1.165, 1.54) is 5.56 Å². The second-order valence-corrected chi connectivity index (χ2v) is 5.18. The lowest BCUT2D eigenvalue weighted by molar-refractivity contribution is 0.110. The van der Waals surface area contributed by atoms with Crippen molar-refractivity contribution >= 4 is 5.82 Å². The Morgan fingerprint density at radius 3 is 2.79 bits per heavy atom. The molecule has 4 nitrogen and oxygen atoms in total. The van der Waals surface area contributed by atoms with Gasteiger partial charge in [-0.2, -0.15) is 0 Å². The highest BCUT2D eigenvalue weighted by molar-refractivity contribution is 5.45. The number of aryl methyl sites for hydroxylation is 1. The normalized spacial score (nSPS) is 18.8. The SMILES string of the molecule is CCCNc1nc(CC2CCCO2)nc(CC)c1C. The van der Waals surface area contributed by atoms with E-state index in [1.54, 1.807) is 0 Å². The van der Waals surface area contributed by atoms with E-state index >= 15 is 0 Å². The number of ether oxygens (including phenoxy) is 1. The molecule has 1 aromatic rings. The fourth-order valence-electron chi connectivity index (χ4n) is 2.47. The number of rotatable bonds is 6. The third-order valence-corrected chi connectivity index (χ3v) is 3.60. The molecule has 106 valence electrons. The third-order valence-electron chi connectivity index (χ3n) is 3.60. The zero-order chi connectivity index (χ0) is 13.7. The Bertz CT molecular complexity index is 414. The lowest BCUT2D eigenvalue weighted by atomic mass is 10.1. The summed E-state index contributed by atoms with van der Waals surface area (Å²) in [5.74, 6) is 1.93. The zero-order valence-corrected chi connectivity index (χ0v) is 12.3. The summed E-state index contributed by atoms with van der Waals surface area (Å²) in [6.45, 7) is 8.26. The minimum atomic E-state index is 0.312. The summed E-state index contributed by atoms with van der Waals surface area (Å²) in [6.07, 6.45) is 5.51. The minimum absolute atomic E-state index is 0.312. The van der Waals surface area contributed by atoms with Crippen molar-refractivity contribution < 1.29 is 4.74 Å². The van der Waals surface area contributed by atoms with Crippen LogP contribution in [0.25, 0.3) is 0 Å². The van der Waals surface area contributed by atoms with E-state index < -0.39 is 0 Å². The Balaban J connectivity index is 2.17. The number of nitrogens with zero attached hydrogens (tertiary/aromatic N) is 2. The topological polar surface area (TPSA) is 47.0 Å². The average Bonchev–Trinajstić information content (AvgIpc) is 2.91. The molecule has 4 heteroatoms. The standard InChI is InChI=1S/C15H25N3O/c1-4-8-16-15-11(3)13(5-2)17-14(18-15)10-12-7-6-9-19-12/h12H,4-10H2,1-3H3,(H,16,17,18). The predicted octanol–water partition coefficient (Wildman–Crippen LogP) is 2.89. The number of hydrogen-bond donors (Lipinski definition) is 1. The van der Waals surface area contributed by atoms with Gasteiger partial charge in [-0.05, 0) is 32.6 Å². The van der Waals surface area contributed by atoms with E-state index in [0.29, 0.717) is 6.10 Å². The molecule has 1 aliphatic rings. The summed E-state index contributed by atoms with van der Waals surface area (Å²) < 4.78 is 5.68. The van der Waals surface area contributed by atoms with Gasteiger partial charge < -0.3 is 10.1 Å². The molecule has 1 unspecified atom stereocenters. The summed E-state index contributed by atoms with van der Waals surface area (Å²) in [6, 6.07) is 0. The Labute approximate surface area is 116 Å². The molecule has 0 saturated carbocycles. The average molecular weight is 263 g/mol. The number of nitrogens with one attached hydrogen (secondary N) is 1. The first kappa shape index (κ1) is 14.3. The van der Waals surface area contributed by atoms with Crippen LogP contribution in [0.5, 0.6) is 0 Å². The van der Waals surface area contributed by atoms with Crippen molar-refractivity contribution in [3.8, 4) is 0 Å². The van der Waals surface area contributed by atoms with Crippen LogP contribution in [0.4, 0.5) is 5.82 Å². The summed E-state index contributed by atoms with van der Waals surface area (Å²) in [5, 5.41) is 3.41. The van der Waals surface area contributed by atoms with Crippen molar-refractivity contribution in [3.63, 3.8) is 0 Å². The molecule has 2 heterocycles. The molecule has 19 heavy (non-hydrogen) atoms. The maximum atomic E-state index is 5.68. The van der Waals surface area contributed by atoms with Crippen LogP contribution in [0.15, 0.2) is 0 Å². The molecular weight excluding hydrogens is 238 g/mol. The molecule has 1 aromatic heterocycles. The first-order chi connectivity index (χ1) is 9.24. The van der Waals surface area contributed by atoms with E-state index in [2.05, 4.69) is 31.1 Å². The predicted molar refractivity (Wildman–Crippen MR) is 77.6 cm³/mol. The van der Waals surface area contributed by atoms with E-state index in [4.69, 9.17) is 9.72 Å². The molecule has 1 atom stereocenters. The monoisotopic (exact) mass is 263 g/mol. The summed E-state index contributed by atoms with van der Waals surface area (Å²) in [4.78, 5) is 9.37. The van der Waals surface area contributed by atoms with Crippen LogP contribution < -0.4 is 5.32 Å². The molecule has 1 N–H and O–H groups in total. The van der Waals surface area contributed by atoms with Gasteiger partial charge in [-0.25, -0.2) is 9.97 Å². The number of anilines is 1. The van der Waals surface area contributed by atoms with Crippen LogP contribution >= 0.6 is 0 Å². The van der Waals surface area contributed by atoms with Gasteiger partial charge in [0.05, 0.1) is 6.10 Å². The van der Waals surface area contributed by atoms with Crippen LogP contribution in [0.2, 0.25) is 0 Å². The molecule has 0 spiro atoms. The minimum Gasteiger partial charge on any atom is -0.378 e. The molecular formula is C15H25N3O. The Kier molecular flexibility index (Phi) is 5.14. The highest BCUT2D eigenvalue weighted by atomic mass is 16.5. The Morgan fingerprint density at radius 1 is 1.32 bits per heavy atom. The first-order valence-corrected chi connectivity index (χ1v) is 7.46. The molecule has 0 bridgehead atoms. The molecule has 1 aliphatic heterocycles. The maximum Gasteiger partial charge on any atom is 0.133 e. The van der Waals surface area contributed by atoms with Gasteiger partial charge >= 0.3 is 0 Å². The third kappa shape index (κ3) is 3.66. The van der Waals surface area contributed by atoms with Crippen molar-refractivity contribution in [1.82, 2.24) is 9.97 Å². The van der Waals surface area contributed by atoms with Gasteiger partial charge in [-0.15, -0.1) is 0 Å². The largest absolute Gasteiger partial charge is 0.378 e. The van der Waals surface area contributed by atoms with Gasteiger partial charge in [0.25, 0.3) is 0 Å². The van der Waals surface area contributed by atoms with Gasteiger partial charge in [0, 0.05) is 30.8 Å². The highest BCUT2D eigenvalue weighted by Crippen LogP contribution is 2.20. The first-order valence-electron chi connectivity index (χ1n) is 7.46. The molecule has 0 radical (unpaired) electrons. The van der Waals surface area contributed by atoms with Crippen molar-refractivity contribution in [2.24, 2.45) is 0 Å². The fourth-order valence-corrected chi connectivity index (χ4v) is 2.47. The van der Waals surface area contributed by atoms with Gasteiger partial charge in [0.2, 0.25) is 0 Å². The fraction of sp³-hybridized carbons (Fsp3) is 0.733. The summed E-state index contributed by atoms with van der Waals surface area (Å²) in [5.41, 5.74) is 2.34. The van der Waals surface area contributed by atoms with Gasteiger partial charge in [0.1, 0.15) is 11.6 Å².